The molecule has 0 N–H and O–H groups in total. The molecular weight excluding hydrogens is 382 g/mol. The summed E-state index contributed by atoms with van der Waals surface area (Å²) in [4.78, 5) is 1.71. The average Bonchev–Trinajstić information content (AvgIpc) is 3.38. The molecule has 7 nitrogen and oxygen atoms in total. The molecule has 1 fully saturated rings. The van der Waals surface area contributed by atoms with Gasteiger partial charge in [-0.1, -0.05) is 67.8 Å². The molecule has 0 radical (unpaired) electrons. The van der Waals surface area contributed by atoms with E-state index in [2.05, 4.69) is 37.1 Å². The fourth-order valence-electron chi connectivity index (χ4n) is 3.94. The van der Waals surface area contributed by atoms with Gasteiger partial charge in [0.2, 0.25) is 5.82 Å². The van der Waals surface area contributed by atoms with Crippen LogP contribution in [-0.4, -0.2) is 40.7 Å². The van der Waals surface area contributed by atoms with Gasteiger partial charge in [-0.15, -0.1) is 20.4 Å². The monoisotopic (exact) mass is 411 g/mol. The minimum atomic E-state index is 0.596. The van der Waals surface area contributed by atoms with E-state index in [0.717, 1.165) is 48.1 Å². The molecule has 3 aromatic rings. The number of tetrazole rings is 1. The minimum absolute atomic E-state index is 0.596. The van der Waals surface area contributed by atoms with Crippen LogP contribution in [0.15, 0.2) is 35.5 Å². The van der Waals surface area contributed by atoms with Crippen molar-refractivity contribution in [2.45, 2.75) is 76.0 Å². The first-order valence-electron chi connectivity index (χ1n) is 10.7. The van der Waals surface area contributed by atoms with Crippen molar-refractivity contribution in [3.8, 4) is 11.4 Å². The second-order valence-corrected chi connectivity index (χ2v) is 8.74. The molecule has 2 heterocycles. The lowest BCUT2D eigenvalue weighted by molar-refractivity contribution is 0.332. The van der Waals surface area contributed by atoms with Crippen LogP contribution in [0.4, 0.5) is 0 Å². The molecule has 8 heteroatoms. The van der Waals surface area contributed by atoms with Crippen molar-refractivity contribution in [3.63, 3.8) is 0 Å². The summed E-state index contributed by atoms with van der Waals surface area (Å²) in [6, 6.07) is 10.6. The summed E-state index contributed by atoms with van der Waals surface area (Å²) >= 11 is 1.85. The van der Waals surface area contributed by atoms with Gasteiger partial charge in [0.15, 0.2) is 5.16 Å². The Kier molecular flexibility index (Phi) is 6.92. The molecule has 0 bridgehead atoms. The largest absolute Gasteiger partial charge is 0.303 e. The number of unbranched alkanes of at least 4 members (excludes halogenated alkanes) is 2. The first kappa shape index (κ1) is 20.1. The van der Waals surface area contributed by atoms with E-state index < -0.39 is 0 Å². The summed E-state index contributed by atoms with van der Waals surface area (Å²) in [5.74, 6) is 2.83. The quantitative estimate of drug-likeness (QED) is 0.375. The fraction of sp³-hybridized carbons (Fsp3) is 0.571. The lowest BCUT2D eigenvalue weighted by atomic mass is 9.95. The summed E-state index contributed by atoms with van der Waals surface area (Å²) in [5.41, 5.74) is 1.01. The van der Waals surface area contributed by atoms with Crippen molar-refractivity contribution in [1.82, 2.24) is 35.0 Å². The summed E-state index contributed by atoms with van der Waals surface area (Å²) < 4.78 is 2.38. The Balaban J connectivity index is 1.19. The highest BCUT2D eigenvalue weighted by atomic mass is 32.2. The van der Waals surface area contributed by atoms with Crippen molar-refractivity contribution in [2.24, 2.45) is 0 Å². The number of rotatable bonds is 9. The van der Waals surface area contributed by atoms with E-state index in [0.29, 0.717) is 11.9 Å². The predicted molar refractivity (Wildman–Crippen MR) is 115 cm³/mol. The number of thioether (sulfide) groups is 1. The zero-order chi connectivity index (χ0) is 19.9. The summed E-state index contributed by atoms with van der Waals surface area (Å²) in [6.07, 6.45) is 9.91. The third-order valence-electron chi connectivity index (χ3n) is 5.49. The summed E-state index contributed by atoms with van der Waals surface area (Å²) in [7, 11) is 0. The molecule has 1 aliphatic carbocycles. The Morgan fingerprint density at radius 1 is 0.966 bits per heavy atom. The molecule has 0 aliphatic heterocycles. The van der Waals surface area contributed by atoms with Crippen LogP contribution in [0.3, 0.4) is 0 Å². The van der Waals surface area contributed by atoms with Crippen molar-refractivity contribution in [1.29, 1.82) is 0 Å². The van der Waals surface area contributed by atoms with Crippen LogP contribution in [0, 0.1) is 6.92 Å². The SMILES string of the molecule is Cc1nnc(SCCCCCn2nnc(-c3ccccc3)n2)n1C1CCCCC1. The van der Waals surface area contributed by atoms with E-state index in [1.54, 1.807) is 4.80 Å². The molecule has 154 valence electrons. The van der Waals surface area contributed by atoms with Crippen molar-refractivity contribution in [2.75, 3.05) is 5.75 Å². The smallest absolute Gasteiger partial charge is 0.204 e. The van der Waals surface area contributed by atoms with Crippen LogP contribution in [-0.2, 0) is 6.54 Å². The van der Waals surface area contributed by atoms with Gasteiger partial charge in [0, 0.05) is 17.4 Å². The molecule has 1 aromatic carbocycles. The minimum Gasteiger partial charge on any atom is -0.303 e. The highest BCUT2D eigenvalue weighted by Gasteiger charge is 2.21. The lowest BCUT2D eigenvalue weighted by Gasteiger charge is -2.24. The summed E-state index contributed by atoms with van der Waals surface area (Å²) in [5, 5.41) is 22.7. The van der Waals surface area contributed by atoms with E-state index in [-0.39, 0.29) is 0 Å². The van der Waals surface area contributed by atoms with Gasteiger partial charge in [-0.25, -0.2) is 0 Å². The predicted octanol–water partition coefficient (Wildman–Crippen LogP) is 4.71. The topological polar surface area (TPSA) is 74.3 Å². The Bertz CT molecular complexity index is 884. The van der Waals surface area contributed by atoms with Gasteiger partial charge >= 0.3 is 0 Å². The summed E-state index contributed by atoms with van der Waals surface area (Å²) in [6.45, 7) is 2.89. The Hall–Kier alpha value is -2.22. The standard InChI is InChI=1S/C21H29N7S/c1-17-22-24-21(28(17)19-13-7-3-8-14-19)29-16-10-4-9-15-27-25-20(23-26-27)18-11-5-2-6-12-18/h2,5-6,11-12,19H,3-4,7-10,13-16H2,1H3. The van der Waals surface area contributed by atoms with E-state index >= 15 is 0 Å². The first-order valence-corrected chi connectivity index (χ1v) is 11.7. The molecule has 4 rings (SSSR count). The molecule has 1 saturated carbocycles. The molecular formula is C21H29N7S. The van der Waals surface area contributed by atoms with Gasteiger partial charge in [0.25, 0.3) is 0 Å². The molecule has 29 heavy (non-hydrogen) atoms. The first-order chi connectivity index (χ1) is 14.3. The van der Waals surface area contributed by atoms with Gasteiger partial charge in [-0.3, -0.25) is 0 Å². The maximum absolute atomic E-state index is 4.48. The molecule has 1 aliphatic rings. The second-order valence-electron chi connectivity index (χ2n) is 7.68. The second kappa shape index (κ2) is 10.0. The molecule has 0 spiro atoms. The molecule has 0 amide bonds. The van der Waals surface area contributed by atoms with Gasteiger partial charge in [0.05, 0.1) is 6.54 Å². The average molecular weight is 412 g/mol. The van der Waals surface area contributed by atoms with E-state index in [4.69, 9.17) is 0 Å². The lowest BCUT2D eigenvalue weighted by Crippen LogP contribution is -2.15. The van der Waals surface area contributed by atoms with Gasteiger partial charge in [-0.2, -0.15) is 4.80 Å². The van der Waals surface area contributed by atoms with E-state index in [1.807, 2.05) is 42.1 Å². The zero-order valence-electron chi connectivity index (χ0n) is 17.1. The van der Waals surface area contributed by atoms with Crippen LogP contribution in [0.2, 0.25) is 0 Å². The number of nitrogens with zero attached hydrogens (tertiary/aromatic N) is 7. The van der Waals surface area contributed by atoms with Gasteiger partial charge < -0.3 is 4.57 Å². The molecule has 0 unspecified atom stereocenters. The number of hydrogen-bond donors (Lipinski definition) is 0. The number of hydrogen-bond acceptors (Lipinski definition) is 6. The Morgan fingerprint density at radius 2 is 1.79 bits per heavy atom. The Labute approximate surface area is 176 Å². The van der Waals surface area contributed by atoms with Crippen molar-refractivity contribution >= 4 is 11.8 Å². The van der Waals surface area contributed by atoms with Crippen molar-refractivity contribution < 1.29 is 0 Å². The van der Waals surface area contributed by atoms with Gasteiger partial charge in [-0.05, 0) is 37.8 Å². The molecule has 2 aromatic heterocycles. The Morgan fingerprint density at radius 3 is 2.62 bits per heavy atom. The third-order valence-corrected chi connectivity index (χ3v) is 6.52. The van der Waals surface area contributed by atoms with E-state index in [9.17, 15) is 0 Å². The number of benzene rings is 1. The van der Waals surface area contributed by atoms with Crippen LogP contribution < -0.4 is 0 Å². The van der Waals surface area contributed by atoms with Crippen LogP contribution in [0.25, 0.3) is 11.4 Å². The van der Waals surface area contributed by atoms with Crippen molar-refractivity contribution in [3.05, 3.63) is 36.2 Å². The highest BCUT2D eigenvalue weighted by molar-refractivity contribution is 7.99. The van der Waals surface area contributed by atoms with E-state index in [1.165, 1.54) is 32.1 Å². The normalized spacial score (nSPS) is 15.1. The maximum atomic E-state index is 4.48. The van der Waals surface area contributed by atoms with Crippen LogP contribution >= 0.6 is 11.8 Å². The molecule has 0 atom stereocenters. The molecule has 0 saturated heterocycles. The number of aryl methyl sites for hydroxylation is 2. The highest BCUT2D eigenvalue weighted by Crippen LogP contribution is 2.32. The fourth-order valence-corrected chi connectivity index (χ4v) is 4.99. The maximum Gasteiger partial charge on any atom is 0.204 e. The number of aromatic nitrogens is 7. The van der Waals surface area contributed by atoms with Crippen LogP contribution in [0.1, 0.15) is 63.2 Å². The van der Waals surface area contributed by atoms with Gasteiger partial charge in [0.1, 0.15) is 5.82 Å². The zero-order valence-corrected chi connectivity index (χ0v) is 17.9. The third kappa shape index (κ3) is 5.23. The van der Waals surface area contributed by atoms with Crippen LogP contribution in [0.5, 0.6) is 0 Å².